The van der Waals surface area contributed by atoms with Crippen molar-refractivity contribution in [3.63, 3.8) is 0 Å². The van der Waals surface area contributed by atoms with Crippen molar-refractivity contribution in [2.75, 3.05) is 5.88 Å². The molecule has 0 aromatic heterocycles. The monoisotopic (exact) mass is 171 g/mol. The smallest absolute Gasteiger partial charge is 0.310 e. The van der Waals surface area contributed by atoms with E-state index in [9.17, 15) is 4.79 Å². The molecule has 0 fully saturated rings. The lowest BCUT2D eigenvalue weighted by atomic mass is 9.97. The first-order chi connectivity index (χ1) is 3.50. The molecule has 9 heavy (non-hydrogen) atoms. The Morgan fingerprint density at radius 3 is 2.00 bits per heavy atom. The van der Waals surface area contributed by atoms with Gasteiger partial charge >= 0.3 is 5.97 Å². The third-order valence-corrected chi connectivity index (χ3v) is 1.58. The summed E-state index contributed by atoms with van der Waals surface area (Å²) in [4.78, 5) is 10.2. The van der Waals surface area contributed by atoms with Crippen LogP contribution in [0.5, 0.6) is 0 Å². The summed E-state index contributed by atoms with van der Waals surface area (Å²) in [6.07, 6.45) is 0. The zero-order valence-electron chi connectivity index (χ0n) is 5.32. The molecule has 0 amide bonds. The largest absolute Gasteiger partial charge is 1.00 e. The molecule has 2 nitrogen and oxygen atoms in total. The van der Waals surface area contributed by atoms with Crippen LogP contribution in [-0.2, 0) is 4.79 Å². The fourth-order valence-corrected chi connectivity index (χ4v) is 0.171. The second kappa shape index (κ2) is 3.96. The summed E-state index contributed by atoms with van der Waals surface area (Å²) < 4.78 is 0. The first kappa shape index (κ1) is 11.8. The number of carboxylic acid groups (broad SMARTS) is 1. The van der Waals surface area contributed by atoms with Gasteiger partial charge in [-0.15, -0.1) is 11.6 Å². The Bertz CT molecular complexity index is 101. The molecule has 0 aliphatic heterocycles. The lowest BCUT2D eigenvalue weighted by Gasteiger charge is -2.13. The SMILES string of the molecule is CC(C)(CCl)C(=O)O.[Cl-]. The van der Waals surface area contributed by atoms with E-state index < -0.39 is 11.4 Å². The molecule has 0 atom stereocenters. The number of carboxylic acids is 1. The molecule has 0 aliphatic rings. The van der Waals surface area contributed by atoms with E-state index in [-0.39, 0.29) is 18.3 Å². The van der Waals surface area contributed by atoms with E-state index in [1.165, 1.54) is 0 Å². The maximum absolute atomic E-state index is 10.2. The molecule has 0 spiro atoms. The van der Waals surface area contributed by atoms with Crippen molar-refractivity contribution in [1.29, 1.82) is 0 Å². The maximum Gasteiger partial charge on any atom is 0.310 e. The molecule has 0 heterocycles. The zero-order valence-corrected chi connectivity index (χ0v) is 6.83. The zero-order chi connectivity index (χ0) is 6.78. The number of carbonyl (C=O) groups is 1. The number of alkyl halides is 1. The van der Waals surface area contributed by atoms with Crippen molar-refractivity contribution in [3.05, 3.63) is 0 Å². The molecule has 0 saturated carbocycles. The van der Waals surface area contributed by atoms with Crippen LogP contribution in [0.1, 0.15) is 13.8 Å². The summed E-state index contributed by atoms with van der Waals surface area (Å²) in [5, 5.41) is 8.36. The van der Waals surface area contributed by atoms with Gasteiger partial charge in [0.05, 0.1) is 5.41 Å². The van der Waals surface area contributed by atoms with Gasteiger partial charge in [-0.05, 0) is 13.8 Å². The number of aliphatic carboxylic acids is 1. The molecule has 0 unspecified atom stereocenters. The summed E-state index contributed by atoms with van der Waals surface area (Å²) in [5.41, 5.74) is -0.776. The average molecular weight is 172 g/mol. The molecule has 4 heteroatoms. The molecule has 0 bridgehead atoms. The van der Waals surface area contributed by atoms with Gasteiger partial charge in [0.2, 0.25) is 0 Å². The highest BCUT2D eigenvalue weighted by molar-refractivity contribution is 6.19. The Balaban J connectivity index is 0. The van der Waals surface area contributed by atoms with Crippen molar-refractivity contribution < 1.29 is 22.3 Å². The van der Waals surface area contributed by atoms with E-state index in [2.05, 4.69) is 0 Å². The van der Waals surface area contributed by atoms with E-state index in [0.29, 0.717) is 0 Å². The van der Waals surface area contributed by atoms with Crippen molar-refractivity contribution >= 4 is 17.6 Å². The van der Waals surface area contributed by atoms with Gasteiger partial charge in [0.1, 0.15) is 0 Å². The fraction of sp³-hybridized carbons (Fsp3) is 0.800. The maximum atomic E-state index is 10.2. The quantitative estimate of drug-likeness (QED) is 0.506. The Labute approximate surface area is 65.6 Å². The number of halogens is 2. The normalized spacial score (nSPS) is 10.1. The van der Waals surface area contributed by atoms with Gasteiger partial charge in [-0.2, -0.15) is 0 Å². The van der Waals surface area contributed by atoms with Gasteiger partial charge in [0, 0.05) is 5.88 Å². The first-order valence-corrected chi connectivity index (χ1v) is 2.83. The predicted molar refractivity (Wildman–Crippen MR) is 32.1 cm³/mol. The second-order valence-corrected chi connectivity index (χ2v) is 2.59. The van der Waals surface area contributed by atoms with Gasteiger partial charge in [-0.3, -0.25) is 4.79 Å². The second-order valence-electron chi connectivity index (χ2n) is 2.32. The number of hydrogen-bond donors (Lipinski definition) is 1. The van der Waals surface area contributed by atoms with Crippen LogP contribution in [0.15, 0.2) is 0 Å². The van der Waals surface area contributed by atoms with Crippen molar-refractivity contribution in [2.45, 2.75) is 13.8 Å². The molecular formula is C5H9Cl2O2-. The molecule has 0 aromatic carbocycles. The van der Waals surface area contributed by atoms with Gasteiger partial charge in [0.15, 0.2) is 0 Å². The van der Waals surface area contributed by atoms with E-state index in [4.69, 9.17) is 16.7 Å². The minimum Gasteiger partial charge on any atom is -1.00 e. The topological polar surface area (TPSA) is 37.3 Å². The Kier molecular flexibility index (Phi) is 5.19. The predicted octanol–water partition coefficient (Wildman–Crippen LogP) is -1.66. The molecule has 0 aliphatic carbocycles. The first-order valence-electron chi connectivity index (χ1n) is 2.30. The third kappa shape index (κ3) is 3.60. The van der Waals surface area contributed by atoms with Crippen molar-refractivity contribution in [3.8, 4) is 0 Å². The van der Waals surface area contributed by atoms with Crippen LogP contribution < -0.4 is 12.4 Å². The van der Waals surface area contributed by atoms with Crippen LogP contribution in [0.4, 0.5) is 0 Å². The minimum atomic E-state index is -0.854. The minimum absolute atomic E-state index is 0. The summed E-state index contributed by atoms with van der Waals surface area (Å²) >= 11 is 5.31. The number of hydrogen-bond acceptors (Lipinski definition) is 1. The lowest BCUT2D eigenvalue weighted by molar-refractivity contribution is -0.145. The fourth-order valence-electron chi connectivity index (χ4n) is 0.0572. The van der Waals surface area contributed by atoms with Crippen LogP contribution in [0.25, 0.3) is 0 Å². The lowest BCUT2D eigenvalue weighted by Crippen LogP contribution is -3.00. The number of rotatable bonds is 2. The van der Waals surface area contributed by atoms with Crippen LogP contribution >= 0.6 is 11.6 Å². The van der Waals surface area contributed by atoms with Crippen LogP contribution in [-0.4, -0.2) is 17.0 Å². The third-order valence-electron chi connectivity index (χ3n) is 0.913. The van der Waals surface area contributed by atoms with Crippen LogP contribution in [0.2, 0.25) is 0 Å². The van der Waals surface area contributed by atoms with Gasteiger partial charge < -0.3 is 17.5 Å². The summed E-state index contributed by atoms with van der Waals surface area (Å²) in [6, 6.07) is 0. The van der Waals surface area contributed by atoms with Crippen molar-refractivity contribution in [1.82, 2.24) is 0 Å². The molecule has 56 valence electrons. The highest BCUT2D eigenvalue weighted by atomic mass is 35.5. The van der Waals surface area contributed by atoms with E-state index >= 15 is 0 Å². The summed E-state index contributed by atoms with van der Waals surface area (Å²) in [5.74, 6) is -0.699. The molecule has 0 aromatic rings. The molecule has 1 N–H and O–H groups in total. The van der Waals surface area contributed by atoms with Crippen LogP contribution in [0, 0.1) is 5.41 Å². The van der Waals surface area contributed by atoms with Gasteiger partial charge in [-0.1, -0.05) is 0 Å². The van der Waals surface area contributed by atoms with Crippen molar-refractivity contribution in [2.24, 2.45) is 5.41 Å². The molecule has 0 rings (SSSR count). The summed E-state index contributed by atoms with van der Waals surface area (Å²) in [6.45, 7) is 3.17. The highest BCUT2D eigenvalue weighted by Crippen LogP contribution is 2.15. The highest BCUT2D eigenvalue weighted by Gasteiger charge is 2.25. The van der Waals surface area contributed by atoms with E-state index in [1.807, 2.05) is 0 Å². The summed E-state index contributed by atoms with van der Waals surface area (Å²) in [7, 11) is 0. The standard InChI is InChI=1S/C5H9ClO2.ClH/c1-5(2,3-6)4(7)8;/h3H2,1-2H3,(H,7,8);1H/p-1. The molecular weight excluding hydrogens is 163 g/mol. The Morgan fingerprint density at radius 2 is 2.00 bits per heavy atom. The van der Waals surface area contributed by atoms with E-state index in [1.54, 1.807) is 13.8 Å². The van der Waals surface area contributed by atoms with Gasteiger partial charge in [0.25, 0.3) is 0 Å². The molecule has 0 saturated heterocycles. The molecule has 0 radical (unpaired) electrons. The average Bonchev–Trinajstić information content (AvgIpc) is 1.67. The Morgan fingerprint density at radius 1 is 1.67 bits per heavy atom. The van der Waals surface area contributed by atoms with Crippen LogP contribution in [0.3, 0.4) is 0 Å². The van der Waals surface area contributed by atoms with E-state index in [0.717, 1.165) is 0 Å². The Hall–Kier alpha value is 0.0500. The van der Waals surface area contributed by atoms with Gasteiger partial charge in [-0.25, -0.2) is 0 Å².